The van der Waals surface area contributed by atoms with Crippen molar-refractivity contribution in [3.8, 4) is 0 Å². The van der Waals surface area contributed by atoms with E-state index in [9.17, 15) is 5.21 Å². The fourth-order valence-corrected chi connectivity index (χ4v) is 2.51. The van der Waals surface area contributed by atoms with Gasteiger partial charge in [0, 0.05) is 17.9 Å². The van der Waals surface area contributed by atoms with Gasteiger partial charge in [-0.15, -0.1) is 0 Å². The fourth-order valence-electron chi connectivity index (χ4n) is 2.51. The van der Waals surface area contributed by atoms with Crippen molar-refractivity contribution in [1.82, 2.24) is 0 Å². The first-order valence-electron chi connectivity index (χ1n) is 6.83. The third-order valence-electron chi connectivity index (χ3n) is 3.50. The Labute approximate surface area is 112 Å². The summed E-state index contributed by atoms with van der Waals surface area (Å²) in [6.07, 6.45) is 6.01. The summed E-state index contributed by atoms with van der Waals surface area (Å²) in [4.78, 5) is 0. The number of unbranched alkanes of at least 4 members (excludes halogenated alkanes) is 2. The number of para-hydroxylation sites is 1. The Morgan fingerprint density at radius 2 is 2.00 bits per heavy atom. The van der Waals surface area contributed by atoms with Crippen LogP contribution in [-0.2, 0) is 6.42 Å². The molecule has 3 heteroatoms. The molecule has 0 radical (unpaired) electrons. The highest BCUT2D eigenvalue weighted by Crippen LogP contribution is 2.26. The highest BCUT2D eigenvalue weighted by atomic mass is 16.5. The lowest BCUT2D eigenvalue weighted by molar-refractivity contribution is -0.575. The van der Waals surface area contributed by atoms with Gasteiger partial charge in [0.05, 0.1) is 5.39 Å². The number of aromatic nitrogens is 1. The number of furan rings is 1. The summed E-state index contributed by atoms with van der Waals surface area (Å²) in [7, 11) is 0. The molecule has 2 aromatic heterocycles. The second kappa shape index (κ2) is 4.92. The first-order chi connectivity index (χ1) is 9.29. The van der Waals surface area contributed by atoms with Crippen molar-refractivity contribution in [2.24, 2.45) is 0 Å². The average molecular weight is 255 g/mol. The van der Waals surface area contributed by atoms with Crippen molar-refractivity contribution in [3.63, 3.8) is 0 Å². The zero-order valence-corrected chi connectivity index (χ0v) is 11.1. The standard InChI is InChI=1S/C16H17NO2/c1-2-3-4-7-12-10-14-13-8-5-6-9-15(13)17(18)11-16(14)19-12/h5-6,8-11H,2-4,7H2,1H3. The van der Waals surface area contributed by atoms with E-state index in [1.54, 1.807) is 0 Å². The Morgan fingerprint density at radius 3 is 2.84 bits per heavy atom. The summed E-state index contributed by atoms with van der Waals surface area (Å²) in [5.41, 5.74) is 1.37. The molecule has 98 valence electrons. The van der Waals surface area contributed by atoms with Crippen LogP contribution in [0.4, 0.5) is 0 Å². The van der Waals surface area contributed by atoms with Crippen LogP contribution >= 0.6 is 0 Å². The predicted molar refractivity (Wildman–Crippen MR) is 75.9 cm³/mol. The van der Waals surface area contributed by atoms with Crippen LogP contribution in [0.25, 0.3) is 21.9 Å². The Balaban J connectivity index is 2.09. The monoisotopic (exact) mass is 255 g/mol. The van der Waals surface area contributed by atoms with E-state index in [2.05, 4.69) is 13.0 Å². The van der Waals surface area contributed by atoms with E-state index in [1.165, 1.54) is 19.0 Å². The van der Waals surface area contributed by atoms with Crippen molar-refractivity contribution >= 4 is 21.9 Å². The van der Waals surface area contributed by atoms with Crippen LogP contribution in [0.2, 0.25) is 0 Å². The highest BCUT2D eigenvalue weighted by molar-refractivity contribution is 6.02. The zero-order chi connectivity index (χ0) is 13.2. The van der Waals surface area contributed by atoms with Gasteiger partial charge >= 0.3 is 0 Å². The van der Waals surface area contributed by atoms with Gasteiger partial charge in [0.25, 0.3) is 0 Å². The number of benzene rings is 1. The largest absolute Gasteiger partial charge is 0.618 e. The lowest BCUT2D eigenvalue weighted by Gasteiger charge is -2.00. The molecule has 0 unspecified atom stereocenters. The van der Waals surface area contributed by atoms with Gasteiger partial charge in [-0.2, -0.15) is 4.73 Å². The quantitative estimate of drug-likeness (QED) is 0.402. The van der Waals surface area contributed by atoms with E-state index in [1.807, 2.05) is 24.3 Å². The van der Waals surface area contributed by atoms with Crippen molar-refractivity contribution in [2.45, 2.75) is 32.6 Å². The summed E-state index contributed by atoms with van der Waals surface area (Å²) >= 11 is 0. The first kappa shape index (κ1) is 12.0. The third kappa shape index (κ3) is 2.16. The Morgan fingerprint density at radius 1 is 1.16 bits per heavy atom. The molecule has 3 rings (SSSR count). The summed E-state index contributed by atoms with van der Waals surface area (Å²) in [5, 5.41) is 13.9. The van der Waals surface area contributed by atoms with Crippen LogP contribution in [0.1, 0.15) is 31.9 Å². The Hall–Kier alpha value is -2.03. The maximum Gasteiger partial charge on any atom is 0.224 e. The summed E-state index contributed by atoms with van der Waals surface area (Å²) < 4.78 is 6.67. The van der Waals surface area contributed by atoms with Gasteiger partial charge in [-0.25, -0.2) is 0 Å². The number of fused-ring (bicyclic) bond motifs is 3. The Kier molecular flexibility index (Phi) is 3.11. The predicted octanol–water partition coefficient (Wildman–Crippen LogP) is 3.95. The van der Waals surface area contributed by atoms with Gasteiger partial charge in [-0.3, -0.25) is 0 Å². The van der Waals surface area contributed by atoms with Gasteiger partial charge in [0.1, 0.15) is 5.76 Å². The average Bonchev–Trinajstić information content (AvgIpc) is 2.82. The van der Waals surface area contributed by atoms with Crippen molar-refractivity contribution in [1.29, 1.82) is 0 Å². The van der Waals surface area contributed by atoms with E-state index in [4.69, 9.17) is 4.42 Å². The maximum absolute atomic E-state index is 11.9. The smallest absolute Gasteiger partial charge is 0.224 e. The van der Waals surface area contributed by atoms with Gasteiger partial charge in [0.2, 0.25) is 11.7 Å². The van der Waals surface area contributed by atoms with Crippen LogP contribution in [-0.4, -0.2) is 0 Å². The summed E-state index contributed by atoms with van der Waals surface area (Å²) in [5.74, 6) is 0.972. The van der Waals surface area contributed by atoms with Crippen LogP contribution in [0.15, 0.2) is 40.9 Å². The molecule has 0 aliphatic carbocycles. The molecule has 0 saturated carbocycles. The molecule has 0 spiro atoms. The van der Waals surface area contributed by atoms with Crippen LogP contribution in [0, 0.1) is 5.21 Å². The summed E-state index contributed by atoms with van der Waals surface area (Å²) in [6.45, 7) is 2.19. The normalized spacial score (nSPS) is 11.4. The van der Waals surface area contributed by atoms with Crippen LogP contribution in [0.5, 0.6) is 0 Å². The van der Waals surface area contributed by atoms with Crippen LogP contribution < -0.4 is 4.73 Å². The molecule has 0 bridgehead atoms. The second-order valence-electron chi connectivity index (χ2n) is 4.92. The fraction of sp³-hybridized carbons (Fsp3) is 0.312. The lowest BCUT2D eigenvalue weighted by atomic mass is 10.1. The van der Waals surface area contributed by atoms with Gasteiger partial charge in [-0.05, 0) is 18.6 Å². The molecule has 19 heavy (non-hydrogen) atoms. The number of nitrogens with zero attached hydrogens (tertiary/aromatic N) is 1. The van der Waals surface area contributed by atoms with Gasteiger partial charge in [-0.1, -0.05) is 31.9 Å². The molecule has 0 fully saturated rings. The van der Waals surface area contributed by atoms with E-state index < -0.39 is 0 Å². The maximum atomic E-state index is 11.9. The highest BCUT2D eigenvalue weighted by Gasteiger charge is 2.13. The SMILES string of the molecule is CCCCCc1cc2c(c[n+]([O-])c3ccccc23)o1. The minimum atomic E-state index is 0.681. The molecule has 0 aliphatic heterocycles. The molecule has 3 nitrogen and oxygen atoms in total. The third-order valence-corrected chi connectivity index (χ3v) is 3.50. The molecular formula is C16H17NO2. The number of pyridine rings is 1. The molecule has 0 amide bonds. The first-order valence-corrected chi connectivity index (χ1v) is 6.83. The number of rotatable bonds is 4. The molecular weight excluding hydrogens is 238 g/mol. The molecule has 0 aliphatic rings. The van der Waals surface area contributed by atoms with Gasteiger partial charge in [0.15, 0.2) is 5.58 Å². The van der Waals surface area contributed by atoms with Crippen LogP contribution in [0.3, 0.4) is 0 Å². The van der Waals surface area contributed by atoms with Crippen molar-refractivity contribution < 1.29 is 9.15 Å². The Bertz CT molecular complexity index is 715. The molecule has 3 aromatic rings. The lowest BCUT2D eigenvalue weighted by Crippen LogP contribution is -2.25. The number of hydrogen-bond acceptors (Lipinski definition) is 2. The molecule has 1 aromatic carbocycles. The number of aryl methyl sites for hydroxylation is 1. The number of hydrogen-bond donors (Lipinski definition) is 0. The van der Waals surface area contributed by atoms with E-state index in [0.717, 1.165) is 34.1 Å². The molecule has 0 atom stereocenters. The minimum absolute atomic E-state index is 0.681. The summed E-state index contributed by atoms with van der Waals surface area (Å²) in [6, 6.07) is 9.71. The zero-order valence-electron chi connectivity index (χ0n) is 11.1. The molecule has 0 saturated heterocycles. The van der Waals surface area contributed by atoms with Crippen molar-refractivity contribution in [2.75, 3.05) is 0 Å². The molecule has 0 N–H and O–H groups in total. The van der Waals surface area contributed by atoms with E-state index >= 15 is 0 Å². The van der Waals surface area contributed by atoms with E-state index in [0.29, 0.717) is 11.1 Å². The van der Waals surface area contributed by atoms with Gasteiger partial charge < -0.3 is 9.62 Å². The van der Waals surface area contributed by atoms with Crippen molar-refractivity contribution in [3.05, 3.63) is 47.5 Å². The minimum Gasteiger partial charge on any atom is -0.618 e. The topological polar surface area (TPSA) is 40.1 Å². The molecule has 2 heterocycles. The second-order valence-corrected chi connectivity index (χ2v) is 4.92. The van der Waals surface area contributed by atoms with E-state index in [-0.39, 0.29) is 0 Å².